The molecule has 0 fully saturated rings. The molecule has 1 N–H and O–H groups in total. The zero-order chi connectivity index (χ0) is 18.3. The fourth-order valence-corrected chi connectivity index (χ4v) is 1.55. The van der Waals surface area contributed by atoms with Crippen molar-refractivity contribution in [3.63, 3.8) is 0 Å². The average Bonchev–Trinajstić information content (AvgIpc) is 2.42. The second kappa shape index (κ2) is 8.57. The second-order valence-corrected chi connectivity index (χ2v) is 5.61. The van der Waals surface area contributed by atoms with Crippen LogP contribution >= 0.6 is 0 Å². The first-order valence-electron chi connectivity index (χ1n) is 6.10. The van der Waals surface area contributed by atoms with Gasteiger partial charge in [-0.2, -0.15) is 26.0 Å². The Kier molecular flexibility index (Phi) is 8.11. The molecule has 0 aliphatic carbocycles. The van der Waals surface area contributed by atoms with E-state index in [0.717, 1.165) is 0 Å². The van der Waals surface area contributed by atoms with Crippen molar-refractivity contribution < 1.29 is 49.5 Å². The predicted molar refractivity (Wildman–Crippen MR) is 68.6 cm³/mol. The maximum atomic E-state index is 13.1. The molecule has 23 heavy (non-hydrogen) atoms. The van der Waals surface area contributed by atoms with E-state index in [-0.39, 0.29) is 19.0 Å². The number of hydrogen-bond acceptors (Lipinski definition) is 6. The third-order valence-corrected chi connectivity index (χ3v) is 3.30. The number of esters is 1. The molecule has 0 saturated heterocycles. The quantitative estimate of drug-likeness (QED) is 0.148. The Balaban J connectivity index is 4.31. The molecule has 0 spiro atoms. The fourth-order valence-electron chi connectivity index (χ4n) is 1.07. The highest BCUT2D eigenvalue weighted by Gasteiger charge is 2.65. The molecule has 136 valence electrons. The van der Waals surface area contributed by atoms with Gasteiger partial charge < -0.3 is 14.2 Å². The predicted octanol–water partition coefficient (Wildman–Crippen LogP) is 1.60. The zero-order valence-electron chi connectivity index (χ0n) is 12.1. The van der Waals surface area contributed by atoms with Crippen LogP contribution in [0.3, 0.4) is 0 Å². The fraction of sp³-hybridized carbons (Fsp3) is 0.727. The van der Waals surface area contributed by atoms with Crippen LogP contribution in [-0.2, 0) is 29.1 Å². The van der Waals surface area contributed by atoms with Gasteiger partial charge in [0.15, 0.2) is 6.79 Å². The standard InChI is InChI=1S/C11H16F4O7S/c1-3-20-7-22-9(16)8(2)6-21-5-4-10(12,13)11(14,15)23(17,18)19/h2-7H2,1H3,(H,17,18,19). The number of rotatable bonds is 11. The number of halogens is 4. The van der Waals surface area contributed by atoms with Gasteiger partial charge in [0.25, 0.3) is 0 Å². The van der Waals surface area contributed by atoms with E-state index in [0.29, 0.717) is 0 Å². The van der Waals surface area contributed by atoms with E-state index in [1.54, 1.807) is 6.92 Å². The van der Waals surface area contributed by atoms with E-state index in [1.165, 1.54) is 0 Å². The van der Waals surface area contributed by atoms with Crippen molar-refractivity contribution in [2.75, 3.05) is 26.6 Å². The van der Waals surface area contributed by atoms with E-state index in [1.807, 2.05) is 0 Å². The Morgan fingerprint density at radius 3 is 2.26 bits per heavy atom. The number of hydrogen-bond donors (Lipinski definition) is 1. The van der Waals surface area contributed by atoms with Gasteiger partial charge in [-0.1, -0.05) is 6.58 Å². The SMILES string of the molecule is C=C(COCCC(F)(F)C(F)(F)S(=O)(=O)O)C(=O)OCOCC. The molecule has 0 aromatic rings. The van der Waals surface area contributed by atoms with Gasteiger partial charge in [0.05, 0.1) is 18.8 Å². The third kappa shape index (κ3) is 6.41. The van der Waals surface area contributed by atoms with Crippen molar-refractivity contribution in [1.29, 1.82) is 0 Å². The van der Waals surface area contributed by atoms with Gasteiger partial charge in [0.2, 0.25) is 0 Å². The highest BCUT2D eigenvalue weighted by Crippen LogP contribution is 2.40. The number of carbonyl (C=O) groups excluding carboxylic acids is 1. The van der Waals surface area contributed by atoms with Crippen molar-refractivity contribution in [3.8, 4) is 0 Å². The number of carbonyl (C=O) groups is 1. The lowest BCUT2D eigenvalue weighted by molar-refractivity contribution is -0.170. The molecule has 0 rings (SSSR count). The largest absolute Gasteiger partial charge is 0.435 e. The van der Waals surface area contributed by atoms with Gasteiger partial charge in [-0.15, -0.1) is 0 Å². The van der Waals surface area contributed by atoms with Crippen molar-refractivity contribution in [3.05, 3.63) is 12.2 Å². The summed E-state index contributed by atoms with van der Waals surface area (Å²) in [5, 5.41) is -5.66. The highest BCUT2D eigenvalue weighted by molar-refractivity contribution is 7.87. The molecule has 7 nitrogen and oxygen atoms in total. The van der Waals surface area contributed by atoms with Crippen LogP contribution in [0.5, 0.6) is 0 Å². The summed E-state index contributed by atoms with van der Waals surface area (Å²) in [7, 11) is -6.28. The van der Waals surface area contributed by atoms with Crippen molar-refractivity contribution in [2.45, 2.75) is 24.5 Å². The van der Waals surface area contributed by atoms with E-state index < -0.39 is 46.9 Å². The molecule has 0 bridgehead atoms. The molecule has 0 aromatic carbocycles. The van der Waals surface area contributed by atoms with Crippen LogP contribution in [0.4, 0.5) is 17.6 Å². The maximum Gasteiger partial charge on any atom is 0.431 e. The average molecular weight is 368 g/mol. The van der Waals surface area contributed by atoms with Crippen LogP contribution in [0.1, 0.15) is 13.3 Å². The Hall–Kier alpha value is -1.24. The summed E-state index contributed by atoms with van der Waals surface area (Å²) in [6, 6.07) is 0. The van der Waals surface area contributed by atoms with Crippen molar-refractivity contribution in [1.82, 2.24) is 0 Å². The minimum absolute atomic E-state index is 0.283. The summed E-state index contributed by atoms with van der Waals surface area (Å²) < 4.78 is 94.2. The first-order chi connectivity index (χ1) is 10.4. The summed E-state index contributed by atoms with van der Waals surface area (Å²) in [6.07, 6.45) is -1.71. The van der Waals surface area contributed by atoms with Crippen LogP contribution < -0.4 is 0 Å². The molecule has 0 unspecified atom stereocenters. The molecular formula is C11H16F4O7S. The van der Waals surface area contributed by atoms with Gasteiger partial charge in [-0.25, -0.2) is 4.79 Å². The molecule has 0 aromatic heterocycles. The Morgan fingerprint density at radius 2 is 1.78 bits per heavy atom. The minimum Gasteiger partial charge on any atom is -0.435 e. The summed E-state index contributed by atoms with van der Waals surface area (Å²) in [6.45, 7) is 3.19. The molecular weight excluding hydrogens is 352 g/mol. The molecule has 0 radical (unpaired) electrons. The molecule has 0 saturated carbocycles. The summed E-state index contributed by atoms with van der Waals surface area (Å²) in [5.74, 6) is -5.99. The lowest BCUT2D eigenvalue weighted by Gasteiger charge is -2.23. The van der Waals surface area contributed by atoms with E-state index in [2.05, 4.69) is 16.1 Å². The topological polar surface area (TPSA) is 99.1 Å². The third-order valence-electron chi connectivity index (χ3n) is 2.35. The van der Waals surface area contributed by atoms with Gasteiger partial charge in [-0.05, 0) is 6.92 Å². The molecule has 0 aliphatic rings. The molecule has 12 heteroatoms. The van der Waals surface area contributed by atoms with Crippen LogP contribution in [0.25, 0.3) is 0 Å². The molecule has 0 amide bonds. The van der Waals surface area contributed by atoms with E-state index in [9.17, 15) is 30.8 Å². The van der Waals surface area contributed by atoms with Crippen molar-refractivity contribution >= 4 is 16.1 Å². The van der Waals surface area contributed by atoms with Gasteiger partial charge in [0.1, 0.15) is 0 Å². The molecule has 0 aliphatic heterocycles. The van der Waals surface area contributed by atoms with Gasteiger partial charge in [-0.3, -0.25) is 4.55 Å². The summed E-state index contributed by atoms with van der Waals surface area (Å²) in [5.41, 5.74) is -0.283. The van der Waals surface area contributed by atoms with E-state index >= 15 is 0 Å². The molecule has 0 heterocycles. The Bertz CT molecular complexity index is 518. The Labute approximate surface area is 129 Å². The maximum absolute atomic E-state index is 13.1. The number of ether oxygens (including phenoxy) is 3. The van der Waals surface area contributed by atoms with Gasteiger partial charge >= 0.3 is 27.3 Å². The number of alkyl halides is 4. The first kappa shape index (κ1) is 21.8. The normalized spacial score (nSPS) is 13.0. The van der Waals surface area contributed by atoms with Crippen molar-refractivity contribution in [2.24, 2.45) is 0 Å². The lowest BCUT2D eigenvalue weighted by atomic mass is 10.2. The second-order valence-electron chi connectivity index (χ2n) is 4.14. The zero-order valence-corrected chi connectivity index (χ0v) is 12.9. The van der Waals surface area contributed by atoms with Crippen LogP contribution in [0.2, 0.25) is 0 Å². The Morgan fingerprint density at radius 1 is 1.22 bits per heavy atom. The highest BCUT2D eigenvalue weighted by atomic mass is 32.2. The first-order valence-corrected chi connectivity index (χ1v) is 7.54. The van der Waals surface area contributed by atoms with Crippen LogP contribution in [0.15, 0.2) is 12.2 Å². The monoisotopic (exact) mass is 368 g/mol. The van der Waals surface area contributed by atoms with E-state index in [4.69, 9.17) is 9.29 Å². The minimum atomic E-state index is -6.28. The smallest absolute Gasteiger partial charge is 0.431 e. The summed E-state index contributed by atoms with van der Waals surface area (Å²) >= 11 is 0. The lowest BCUT2D eigenvalue weighted by Crippen LogP contribution is -2.47. The molecule has 0 atom stereocenters. The van der Waals surface area contributed by atoms with Gasteiger partial charge in [0, 0.05) is 13.0 Å². The van der Waals surface area contributed by atoms with Crippen LogP contribution in [-0.4, -0.2) is 56.7 Å². The van der Waals surface area contributed by atoms with Crippen LogP contribution in [0, 0.1) is 0 Å². The summed E-state index contributed by atoms with van der Waals surface area (Å²) in [4.78, 5) is 11.2.